The number of ether oxygens (including phenoxy) is 1. The summed E-state index contributed by atoms with van der Waals surface area (Å²) in [6.07, 6.45) is 0. The monoisotopic (exact) mass is 337 g/mol. The second-order valence-electron chi connectivity index (χ2n) is 3.94. The van der Waals surface area contributed by atoms with Crippen molar-refractivity contribution in [3.63, 3.8) is 0 Å². The Hall–Kier alpha value is -1.46. The number of fused-ring (bicyclic) bond motifs is 1. The Bertz CT molecular complexity index is 695. The maximum atomic E-state index is 13.0. The summed E-state index contributed by atoms with van der Waals surface area (Å²) in [7, 11) is 0. The average molecular weight is 338 g/mol. The van der Waals surface area contributed by atoms with Crippen LogP contribution in [0.3, 0.4) is 0 Å². The molecule has 96 valence electrons. The molecule has 0 fully saturated rings. The molecule has 3 aromatic rings. The summed E-state index contributed by atoms with van der Waals surface area (Å²) in [5.74, 6) is 0.319. The first kappa shape index (κ1) is 12.6. The van der Waals surface area contributed by atoms with E-state index in [2.05, 4.69) is 20.9 Å². The molecule has 0 spiro atoms. The number of thiazole rings is 1. The van der Waals surface area contributed by atoms with Crippen LogP contribution in [0.1, 0.15) is 5.01 Å². The standard InChI is InChI=1S/C14H9BrFNOS/c15-10-7-9(16)5-6-12(10)18-8-14-17-11-3-1-2-4-13(11)19-14/h1-7H,8H2. The molecule has 0 aliphatic carbocycles. The van der Waals surface area contributed by atoms with Gasteiger partial charge in [-0.2, -0.15) is 0 Å². The third-order valence-electron chi connectivity index (χ3n) is 2.58. The largest absolute Gasteiger partial charge is 0.485 e. The van der Waals surface area contributed by atoms with Crippen molar-refractivity contribution in [2.24, 2.45) is 0 Å². The molecule has 19 heavy (non-hydrogen) atoms. The summed E-state index contributed by atoms with van der Waals surface area (Å²) < 4.78 is 20.3. The molecule has 0 atom stereocenters. The smallest absolute Gasteiger partial charge is 0.140 e. The van der Waals surface area contributed by atoms with Crippen molar-refractivity contribution in [2.45, 2.75) is 6.61 Å². The quantitative estimate of drug-likeness (QED) is 0.686. The van der Waals surface area contributed by atoms with Gasteiger partial charge in [0, 0.05) is 0 Å². The van der Waals surface area contributed by atoms with Crippen LogP contribution in [0.5, 0.6) is 5.75 Å². The van der Waals surface area contributed by atoms with Gasteiger partial charge in [-0.15, -0.1) is 11.3 Å². The van der Waals surface area contributed by atoms with Crippen molar-refractivity contribution < 1.29 is 9.13 Å². The van der Waals surface area contributed by atoms with Gasteiger partial charge in [-0.3, -0.25) is 0 Å². The fourth-order valence-corrected chi connectivity index (χ4v) is 3.06. The van der Waals surface area contributed by atoms with E-state index in [0.29, 0.717) is 16.8 Å². The molecule has 0 unspecified atom stereocenters. The Morgan fingerprint density at radius 1 is 1.21 bits per heavy atom. The molecule has 1 aromatic heterocycles. The zero-order chi connectivity index (χ0) is 13.2. The first-order valence-corrected chi connectivity index (χ1v) is 7.25. The van der Waals surface area contributed by atoms with Crippen molar-refractivity contribution in [3.05, 3.63) is 57.8 Å². The summed E-state index contributed by atoms with van der Waals surface area (Å²) in [6, 6.07) is 12.3. The molecule has 0 N–H and O–H groups in total. The number of hydrogen-bond acceptors (Lipinski definition) is 3. The molecule has 3 rings (SSSR count). The molecule has 0 amide bonds. The number of benzene rings is 2. The third kappa shape index (κ3) is 2.77. The Kier molecular flexibility index (Phi) is 3.48. The number of rotatable bonds is 3. The maximum absolute atomic E-state index is 13.0. The van der Waals surface area contributed by atoms with Crippen molar-refractivity contribution in [1.82, 2.24) is 4.98 Å². The van der Waals surface area contributed by atoms with Gasteiger partial charge in [0.2, 0.25) is 0 Å². The summed E-state index contributed by atoms with van der Waals surface area (Å²) in [5, 5.41) is 0.900. The van der Waals surface area contributed by atoms with E-state index in [4.69, 9.17) is 4.74 Å². The molecule has 2 aromatic carbocycles. The lowest BCUT2D eigenvalue weighted by Gasteiger charge is -2.05. The third-order valence-corrected chi connectivity index (χ3v) is 4.21. The zero-order valence-electron chi connectivity index (χ0n) is 9.77. The van der Waals surface area contributed by atoms with Crippen LogP contribution in [-0.2, 0) is 6.61 Å². The fraction of sp³-hybridized carbons (Fsp3) is 0.0714. The summed E-state index contributed by atoms with van der Waals surface area (Å²) in [4.78, 5) is 4.48. The van der Waals surface area contributed by atoms with Crippen LogP contribution >= 0.6 is 27.3 Å². The van der Waals surface area contributed by atoms with E-state index >= 15 is 0 Å². The number of nitrogens with zero attached hydrogens (tertiary/aromatic N) is 1. The van der Waals surface area contributed by atoms with Gasteiger partial charge in [0.15, 0.2) is 0 Å². The van der Waals surface area contributed by atoms with Gasteiger partial charge in [-0.05, 0) is 46.3 Å². The number of halogens is 2. The second kappa shape index (κ2) is 5.27. The Morgan fingerprint density at radius 3 is 2.84 bits per heavy atom. The van der Waals surface area contributed by atoms with E-state index in [1.54, 1.807) is 17.4 Å². The van der Waals surface area contributed by atoms with E-state index in [1.807, 2.05) is 24.3 Å². The van der Waals surface area contributed by atoms with E-state index in [1.165, 1.54) is 12.1 Å². The van der Waals surface area contributed by atoms with Gasteiger partial charge in [0.05, 0.1) is 14.7 Å². The summed E-state index contributed by atoms with van der Waals surface area (Å²) in [5.41, 5.74) is 0.976. The van der Waals surface area contributed by atoms with Crippen LogP contribution in [0.15, 0.2) is 46.9 Å². The van der Waals surface area contributed by atoms with Gasteiger partial charge in [0.25, 0.3) is 0 Å². The molecular weight excluding hydrogens is 329 g/mol. The molecule has 0 aliphatic heterocycles. The highest BCUT2D eigenvalue weighted by Gasteiger charge is 2.06. The molecule has 5 heteroatoms. The van der Waals surface area contributed by atoms with Crippen molar-refractivity contribution in [3.8, 4) is 5.75 Å². The number of hydrogen-bond donors (Lipinski definition) is 0. The number of para-hydroxylation sites is 1. The van der Waals surface area contributed by atoms with Crippen LogP contribution in [0.25, 0.3) is 10.2 Å². The van der Waals surface area contributed by atoms with Crippen molar-refractivity contribution >= 4 is 37.5 Å². The molecule has 0 radical (unpaired) electrons. The average Bonchev–Trinajstić information content (AvgIpc) is 2.80. The summed E-state index contributed by atoms with van der Waals surface area (Å²) in [6.45, 7) is 0.379. The molecular formula is C14H9BrFNOS. The lowest BCUT2D eigenvalue weighted by Crippen LogP contribution is -1.95. The lowest BCUT2D eigenvalue weighted by molar-refractivity contribution is 0.303. The van der Waals surface area contributed by atoms with Crippen LogP contribution in [0.2, 0.25) is 0 Å². The van der Waals surface area contributed by atoms with Crippen LogP contribution in [0.4, 0.5) is 4.39 Å². The predicted molar refractivity (Wildman–Crippen MR) is 78.1 cm³/mol. The molecule has 0 saturated heterocycles. The van der Waals surface area contributed by atoms with Gasteiger partial charge in [-0.1, -0.05) is 12.1 Å². The Balaban J connectivity index is 1.78. The van der Waals surface area contributed by atoms with Gasteiger partial charge >= 0.3 is 0 Å². The SMILES string of the molecule is Fc1ccc(OCc2nc3ccccc3s2)c(Br)c1. The minimum absolute atomic E-state index is 0.292. The number of aromatic nitrogens is 1. The minimum atomic E-state index is -0.292. The van der Waals surface area contributed by atoms with Crippen LogP contribution in [-0.4, -0.2) is 4.98 Å². The van der Waals surface area contributed by atoms with Crippen LogP contribution < -0.4 is 4.74 Å². The predicted octanol–water partition coefficient (Wildman–Crippen LogP) is 4.78. The van der Waals surface area contributed by atoms with E-state index in [0.717, 1.165) is 15.2 Å². The zero-order valence-corrected chi connectivity index (χ0v) is 12.2. The first-order valence-electron chi connectivity index (χ1n) is 5.65. The van der Waals surface area contributed by atoms with E-state index in [9.17, 15) is 4.39 Å². The van der Waals surface area contributed by atoms with Crippen LogP contribution in [0, 0.1) is 5.82 Å². The molecule has 2 nitrogen and oxygen atoms in total. The van der Waals surface area contributed by atoms with E-state index in [-0.39, 0.29) is 5.82 Å². The summed E-state index contributed by atoms with van der Waals surface area (Å²) >= 11 is 4.87. The molecule has 1 heterocycles. The molecule has 0 aliphatic rings. The first-order chi connectivity index (χ1) is 9.22. The van der Waals surface area contributed by atoms with Gasteiger partial charge in [-0.25, -0.2) is 9.37 Å². The highest BCUT2D eigenvalue weighted by Crippen LogP contribution is 2.28. The highest BCUT2D eigenvalue weighted by atomic mass is 79.9. The van der Waals surface area contributed by atoms with Crippen molar-refractivity contribution in [2.75, 3.05) is 0 Å². The lowest BCUT2D eigenvalue weighted by atomic mass is 10.3. The van der Waals surface area contributed by atoms with E-state index < -0.39 is 0 Å². The normalized spacial score (nSPS) is 10.8. The molecule has 0 bridgehead atoms. The second-order valence-corrected chi connectivity index (χ2v) is 5.91. The highest BCUT2D eigenvalue weighted by molar-refractivity contribution is 9.10. The molecule has 0 saturated carbocycles. The Morgan fingerprint density at radius 2 is 2.05 bits per heavy atom. The Labute approximate surface area is 122 Å². The fourth-order valence-electron chi connectivity index (χ4n) is 1.71. The maximum Gasteiger partial charge on any atom is 0.140 e. The topological polar surface area (TPSA) is 22.1 Å². The van der Waals surface area contributed by atoms with Gasteiger partial charge < -0.3 is 4.74 Å². The van der Waals surface area contributed by atoms with Gasteiger partial charge in [0.1, 0.15) is 23.2 Å². The van der Waals surface area contributed by atoms with Crippen molar-refractivity contribution in [1.29, 1.82) is 0 Å². The minimum Gasteiger partial charge on any atom is -0.485 e.